The lowest BCUT2D eigenvalue weighted by molar-refractivity contribution is -0.871. The van der Waals surface area contributed by atoms with Gasteiger partial charge in [-0.25, -0.2) is 0 Å². The minimum atomic E-state index is -0.198. The lowest BCUT2D eigenvalue weighted by Gasteiger charge is -2.26. The summed E-state index contributed by atoms with van der Waals surface area (Å²) < 4.78 is 0.834. The Morgan fingerprint density at radius 2 is 1.85 bits per heavy atom. The Kier molecular flexibility index (Phi) is 10.5. The first-order chi connectivity index (χ1) is 5.45. The summed E-state index contributed by atoms with van der Waals surface area (Å²) in [7, 11) is 6.30. The fourth-order valence-electron chi connectivity index (χ4n) is 0.885. The molecule has 2 nitrogen and oxygen atoms in total. The molecule has 0 amide bonds. The number of hydrogen-bond donors (Lipinski definition) is 1. The van der Waals surface area contributed by atoms with E-state index in [0.717, 1.165) is 16.8 Å². The van der Waals surface area contributed by atoms with Gasteiger partial charge in [-0.2, -0.15) is 0 Å². The van der Waals surface area contributed by atoms with Gasteiger partial charge in [-0.15, -0.1) is 11.8 Å². The summed E-state index contributed by atoms with van der Waals surface area (Å²) >= 11 is 1.67. The van der Waals surface area contributed by atoms with E-state index in [4.69, 9.17) is 0 Å². The van der Waals surface area contributed by atoms with Crippen molar-refractivity contribution in [1.82, 2.24) is 0 Å². The Morgan fingerprint density at radius 3 is 2.23 bits per heavy atom. The summed E-state index contributed by atoms with van der Waals surface area (Å²) in [6.45, 7) is 3.00. The van der Waals surface area contributed by atoms with Gasteiger partial charge in [-0.3, -0.25) is 0 Å². The standard InChI is InChI=1S/C9H22NOS.HI/c1-5-6-7-12-9(11)8-10(2,3)4;/h9,11H,5-8H2,1-4H3;1H/q+1;/p-1. The molecule has 0 radical (unpaired) electrons. The number of unbranched alkanes of at least 4 members (excludes halogenated alkanes) is 1. The minimum Gasteiger partial charge on any atom is -1.00 e. The van der Waals surface area contributed by atoms with Gasteiger partial charge in [0.15, 0.2) is 0 Å². The number of thioether (sulfide) groups is 1. The second-order valence-electron chi connectivity index (χ2n) is 4.15. The number of rotatable bonds is 6. The Balaban J connectivity index is 0. The zero-order valence-electron chi connectivity index (χ0n) is 9.09. The lowest BCUT2D eigenvalue weighted by Crippen LogP contribution is -3.00. The number of aliphatic hydroxyl groups is 1. The Hall–Kier alpha value is 1.00. The van der Waals surface area contributed by atoms with E-state index < -0.39 is 0 Å². The summed E-state index contributed by atoms with van der Waals surface area (Å²) in [5, 5.41) is 9.56. The highest BCUT2D eigenvalue weighted by atomic mass is 127. The highest BCUT2D eigenvalue weighted by Gasteiger charge is 2.14. The van der Waals surface area contributed by atoms with E-state index in [0.29, 0.717) is 0 Å². The van der Waals surface area contributed by atoms with Crippen molar-refractivity contribution in [3.05, 3.63) is 0 Å². The summed E-state index contributed by atoms with van der Waals surface area (Å²) in [4.78, 5) is 0. The van der Waals surface area contributed by atoms with E-state index in [1.807, 2.05) is 0 Å². The van der Waals surface area contributed by atoms with Crippen LogP contribution in [-0.2, 0) is 0 Å². The second kappa shape index (κ2) is 8.32. The van der Waals surface area contributed by atoms with Crippen molar-refractivity contribution >= 4 is 11.8 Å². The first kappa shape index (κ1) is 16.4. The van der Waals surface area contributed by atoms with E-state index in [1.165, 1.54) is 12.8 Å². The Bertz CT molecular complexity index is 117. The molecule has 1 unspecified atom stereocenters. The van der Waals surface area contributed by atoms with Gasteiger partial charge in [-0.05, 0) is 12.2 Å². The molecule has 0 aromatic carbocycles. The Morgan fingerprint density at radius 1 is 1.31 bits per heavy atom. The molecule has 0 aliphatic carbocycles. The van der Waals surface area contributed by atoms with Gasteiger partial charge < -0.3 is 33.6 Å². The van der Waals surface area contributed by atoms with Crippen LogP contribution in [0.2, 0.25) is 0 Å². The minimum absolute atomic E-state index is 0. The molecule has 0 aromatic heterocycles. The number of aliphatic hydroxyl groups excluding tert-OH is 1. The van der Waals surface area contributed by atoms with Gasteiger partial charge in [0.2, 0.25) is 0 Å². The largest absolute Gasteiger partial charge is 1.00 e. The summed E-state index contributed by atoms with van der Waals surface area (Å²) in [5.74, 6) is 1.08. The van der Waals surface area contributed by atoms with Crippen LogP contribution in [0.1, 0.15) is 19.8 Å². The average Bonchev–Trinajstić information content (AvgIpc) is 1.84. The SMILES string of the molecule is CCCCSC(O)C[N+](C)(C)C.[I-]. The molecule has 4 heteroatoms. The summed E-state index contributed by atoms with van der Waals surface area (Å²) in [6.07, 6.45) is 2.42. The molecule has 0 aliphatic heterocycles. The third-order valence-electron chi connectivity index (χ3n) is 1.51. The molecule has 0 saturated heterocycles. The van der Waals surface area contributed by atoms with Crippen LogP contribution >= 0.6 is 11.8 Å². The normalized spacial score (nSPS) is 13.6. The first-order valence-electron chi connectivity index (χ1n) is 4.56. The van der Waals surface area contributed by atoms with Crippen LogP contribution in [-0.4, -0.2) is 48.5 Å². The maximum atomic E-state index is 9.56. The van der Waals surface area contributed by atoms with Crippen LogP contribution < -0.4 is 24.0 Å². The first-order valence-corrected chi connectivity index (χ1v) is 5.60. The molecule has 0 aliphatic rings. The van der Waals surface area contributed by atoms with Crippen molar-refractivity contribution in [2.75, 3.05) is 33.4 Å². The number of hydrogen-bond acceptors (Lipinski definition) is 2. The van der Waals surface area contributed by atoms with Crippen LogP contribution in [0.25, 0.3) is 0 Å². The number of quaternary nitrogens is 1. The fourth-order valence-corrected chi connectivity index (χ4v) is 2.17. The zero-order chi connectivity index (χ0) is 9.61. The fraction of sp³-hybridized carbons (Fsp3) is 1.00. The summed E-state index contributed by atoms with van der Waals surface area (Å²) in [6, 6.07) is 0. The van der Waals surface area contributed by atoms with E-state index in [1.54, 1.807) is 11.8 Å². The van der Waals surface area contributed by atoms with E-state index in [9.17, 15) is 5.11 Å². The highest BCUT2D eigenvalue weighted by Crippen LogP contribution is 2.12. The van der Waals surface area contributed by atoms with Crippen molar-refractivity contribution in [1.29, 1.82) is 0 Å². The number of nitrogens with zero attached hydrogens (tertiary/aromatic N) is 1. The third-order valence-corrected chi connectivity index (χ3v) is 2.57. The Labute approximate surface area is 104 Å². The predicted molar refractivity (Wildman–Crippen MR) is 56.3 cm³/mol. The number of halogens is 1. The molecule has 1 atom stereocenters. The van der Waals surface area contributed by atoms with Gasteiger partial charge in [0.1, 0.15) is 12.0 Å². The quantitative estimate of drug-likeness (QED) is 0.280. The van der Waals surface area contributed by atoms with Crippen molar-refractivity contribution in [3.63, 3.8) is 0 Å². The molecule has 13 heavy (non-hydrogen) atoms. The predicted octanol–water partition coefficient (Wildman–Crippen LogP) is -1.45. The van der Waals surface area contributed by atoms with Crippen LogP contribution in [0, 0.1) is 0 Å². The third kappa shape index (κ3) is 13.0. The molecular weight excluding hydrogens is 297 g/mol. The van der Waals surface area contributed by atoms with Crippen LogP contribution in [0.15, 0.2) is 0 Å². The molecular formula is C9H22INOS. The lowest BCUT2D eigenvalue weighted by atomic mass is 10.4. The van der Waals surface area contributed by atoms with Gasteiger partial charge in [-0.1, -0.05) is 13.3 Å². The molecule has 0 saturated carbocycles. The molecule has 0 rings (SSSR count). The van der Waals surface area contributed by atoms with E-state index in [-0.39, 0.29) is 29.4 Å². The monoisotopic (exact) mass is 319 g/mol. The maximum Gasteiger partial charge on any atom is 0.148 e. The van der Waals surface area contributed by atoms with E-state index >= 15 is 0 Å². The van der Waals surface area contributed by atoms with Gasteiger partial charge in [0, 0.05) is 0 Å². The van der Waals surface area contributed by atoms with Crippen molar-refractivity contribution in [2.45, 2.75) is 25.2 Å². The topological polar surface area (TPSA) is 20.2 Å². The van der Waals surface area contributed by atoms with E-state index in [2.05, 4.69) is 28.1 Å². The maximum absolute atomic E-state index is 9.56. The smallest absolute Gasteiger partial charge is 0.148 e. The molecule has 0 spiro atoms. The van der Waals surface area contributed by atoms with Crippen molar-refractivity contribution < 1.29 is 33.6 Å². The van der Waals surface area contributed by atoms with Gasteiger partial charge >= 0.3 is 0 Å². The second-order valence-corrected chi connectivity index (χ2v) is 5.44. The van der Waals surface area contributed by atoms with Crippen LogP contribution in [0.4, 0.5) is 0 Å². The highest BCUT2D eigenvalue weighted by molar-refractivity contribution is 7.99. The average molecular weight is 319 g/mol. The van der Waals surface area contributed by atoms with Crippen LogP contribution in [0.5, 0.6) is 0 Å². The van der Waals surface area contributed by atoms with Crippen LogP contribution in [0.3, 0.4) is 0 Å². The van der Waals surface area contributed by atoms with Crippen molar-refractivity contribution in [3.8, 4) is 0 Å². The molecule has 0 aromatic rings. The molecule has 0 bridgehead atoms. The number of likely N-dealkylation sites (N-methyl/N-ethyl adjacent to an activating group) is 1. The molecule has 1 N–H and O–H groups in total. The summed E-state index contributed by atoms with van der Waals surface area (Å²) in [5.41, 5.74) is -0.198. The van der Waals surface area contributed by atoms with Crippen molar-refractivity contribution in [2.24, 2.45) is 0 Å². The zero-order valence-corrected chi connectivity index (χ0v) is 12.1. The van der Waals surface area contributed by atoms with Gasteiger partial charge in [0.25, 0.3) is 0 Å². The molecule has 0 fully saturated rings. The molecule has 82 valence electrons. The van der Waals surface area contributed by atoms with Gasteiger partial charge in [0.05, 0.1) is 21.1 Å². The molecule has 0 heterocycles.